The van der Waals surface area contributed by atoms with Crippen LogP contribution in [-0.4, -0.2) is 22.9 Å². The highest BCUT2D eigenvalue weighted by Gasteiger charge is 2.32. The topological polar surface area (TPSA) is 59.2 Å². The van der Waals surface area contributed by atoms with Crippen molar-refractivity contribution >= 4 is 22.3 Å². The molecule has 29 heavy (non-hydrogen) atoms. The summed E-state index contributed by atoms with van der Waals surface area (Å²) in [7, 11) is 0. The maximum atomic E-state index is 12.5. The minimum absolute atomic E-state index is 0.0431. The maximum Gasteiger partial charge on any atom is 0.187 e. The van der Waals surface area contributed by atoms with Gasteiger partial charge in [-0.05, 0) is 36.8 Å². The lowest BCUT2D eigenvalue weighted by molar-refractivity contribution is 0.101. The van der Waals surface area contributed by atoms with Crippen LogP contribution in [0.15, 0.2) is 24.3 Å². The van der Waals surface area contributed by atoms with E-state index in [4.69, 9.17) is 10.7 Å². The van der Waals surface area contributed by atoms with Crippen LogP contribution >= 0.6 is 11.3 Å². The number of hydrogen-bond acceptors (Lipinski definition) is 5. The molecule has 2 saturated carbocycles. The Kier molecular flexibility index (Phi) is 6.66. The van der Waals surface area contributed by atoms with Gasteiger partial charge in [-0.25, -0.2) is 4.98 Å². The van der Waals surface area contributed by atoms with E-state index in [9.17, 15) is 4.79 Å². The second-order valence-corrected chi connectivity index (χ2v) is 9.56. The van der Waals surface area contributed by atoms with Gasteiger partial charge in [-0.3, -0.25) is 4.79 Å². The molecule has 156 valence electrons. The van der Waals surface area contributed by atoms with Crippen molar-refractivity contribution in [2.75, 3.05) is 4.90 Å². The summed E-state index contributed by atoms with van der Waals surface area (Å²) in [6.07, 6.45) is 12.9. The molecular weight excluding hydrogens is 378 g/mol. The van der Waals surface area contributed by atoms with Crippen molar-refractivity contribution in [3.8, 4) is 10.4 Å². The van der Waals surface area contributed by atoms with Gasteiger partial charge in [-0.2, -0.15) is 0 Å². The number of carbonyl (C=O) groups is 1. The van der Waals surface area contributed by atoms with Crippen LogP contribution < -0.4 is 10.6 Å². The molecule has 1 aromatic heterocycles. The molecular formula is C24H33N3OS. The standard InChI is InChI=1S/C24H33N3OS/c1-17(28)22-23(21-15-9-8-10-18(21)16-25)29-24(26-22)27(19-11-4-2-5-12-19)20-13-6-3-7-14-20/h8-10,15,19-20H,2-7,11-14,16,25H2,1H3. The second kappa shape index (κ2) is 9.40. The molecule has 2 aliphatic rings. The third-order valence-corrected chi connectivity index (χ3v) is 7.69. The van der Waals surface area contributed by atoms with Crippen molar-refractivity contribution in [3.63, 3.8) is 0 Å². The van der Waals surface area contributed by atoms with Gasteiger partial charge in [0.1, 0.15) is 5.69 Å². The average molecular weight is 412 g/mol. The SMILES string of the molecule is CC(=O)c1nc(N(C2CCCCC2)C2CCCCC2)sc1-c1ccccc1CN. The van der Waals surface area contributed by atoms with E-state index in [1.165, 1.54) is 64.2 Å². The number of anilines is 1. The molecule has 2 aromatic rings. The average Bonchev–Trinajstić information content (AvgIpc) is 3.20. The number of ketones is 1. The summed E-state index contributed by atoms with van der Waals surface area (Å²) in [4.78, 5) is 21.1. The molecule has 0 amide bonds. The first-order valence-electron chi connectivity index (χ1n) is 11.3. The van der Waals surface area contributed by atoms with Gasteiger partial charge in [0.15, 0.2) is 10.9 Å². The number of aromatic nitrogens is 1. The lowest BCUT2D eigenvalue weighted by Gasteiger charge is -2.41. The Morgan fingerprint density at radius 3 is 2.17 bits per heavy atom. The lowest BCUT2D eigenvalue weighted by atomic mass is 9.89. The molecule has 0 spiro atoms. The van der Waals surface area contributed by atoms with E-state index in [-0.39, 0.29) is 5.78 Å². The van der Waals surface area contributed by atoms with Crippen LogP contribution in [0.3, 0.4) is 0 Å². The third-order valence-electron chi connectivity index (χ3n) is 6.59. The largest absolute Gasteiger partial charge is 0.342 e. The second-order valence-electron chi connectivity index (χ2n) is 8.58. The Balaban J connectivity index is 1.77. The van der Waals surface area contributed by atoms with E-state index in [0.29, 0.717) is 24.3 Å². The smallest absolute Gasteiger partial charge is 0.187 e. The van der Waals surface area contributed by atoms with Crippen LogP contribution in [0.1, 0.15) is 87.2 Å². The highest BCUT2D eigenvalue weighted by molar-refractivity contribution is 7.19. The number of hydrogen-bond donors (Lipinski definition) is 1. The molecule has 0 bridgehead atoms. The summed E-state index contributed by atoms with van der Waals surface area (Å²) >= 11 is 1.70. The zero-order valence-corrected chi connectivity index (χ0v) is 18.3. The summed E-state index contributed by atoms with van der Waals surface area (Å²) in [5.74, 6) is 0.0431. The number of thiazole rings is 1. The minimum Gasteiger partial charge on any atom is -0.342 e. The molecule has 0 unspecified atom stereocenters. The van der Waals surface area contributed by atoms with E-state index >= 15 is 0 Å². The molecule has 5 heteroatoms. The Morgan fingerprint density at radius 2 is 1.62 bits per heavy atom. The molecule has 4 nitrogen and oxygen atoms in total. The summed E-state index contributed by atoms with van der Waals surface area (Å²) in [6.45, 7) is 2.11. The van der Waals surface area contributed by atoms with Crippen molar-refractivity contribution in [2.45, 2.75) is 89.8 Å². The predicted octanol–water partition coefficient (Wildman–Crippen LogP) is 5.94. The zero-order valence-electron chi connectivity index (χ0n) is 17.5. The van der Waals surface area contributed by atoms with Crippen LogP contribution in [0, 0.1) is 0 Å². The summed E-state index contributed by atoms with van der Waals surface area (Å²) in [5, 5.41) is 1.05. The van der Waals surface area contributed by atoms with Crippen molar-refractivity contribution in [2.24, 2.45) is 5.73 Å². The number of Topliss-reactive ketones (excluding diaryl/α,β-unsaturated/α-hetero) is 1. The van der Waals surface area contributed by atoms with Gasteiger partial charge in [0.25, 0.3) is 0 Å². The molecule has 0 aliphatic heterocycles. The van der Waals surface area contributed by atoms with E-state index < -0.39 is 0 Å². The molecule has 0 saturated heterocycles. The van der Waals surface area contributed by atoms with Crippen LogP contribution in [-0.2, 0) is 6.54 Å². The number of benzene rings is 1. The number of nitrogens with two attached hydrogens (primary N) is 1. The van der Waals surface area contributed by atoms with Crippen molar-refractivity contribution < 1.29 is 4.79 Å². The van der Waals surface area contributed by atoms with Gasteiger partial charge in [-0.15, -0.1) is 0 Å². The zero-order chi connectivity index (χ0) is 20.2. The first kappa shape index (κ1) is 20.5. The number of carbonyl (C=O) groups excluding carboxylic acids is 1. The van der Waals surface area contributed by atoms with E-state index in [0.717, 1.165) is 21.1 Å². The van der Waals surface area contributed by atoms with Gasteiger partial charge in [0.2, 0.25) is 0 Å². The van der Waals surface area contributed by atoms with Gasteiger partial charge < -0.3 is 10.6 Å². The summed E-state index contributed by atoms with van der Waals surface area (Å²) < 4.78 is 0. The van der Waals surface area contributed by atoms with Crippen LogP contribution in [0.5, 0.6) is 0 Å². The Hall–Kier alpha value is -1.72. The van der Waals surface area contributed by atoms with Gasteiger partial charge in [-0.1, -0.05) is 74.1 Å². The van der Waals surface area contributed by atoms with Gasteiger partial charge in [0, 0.05) is 25.6 Å². The molecule has 2 fully saturated rings. The van der Waals surface area contributed by atoms with Crippen molar-refractivity contribution in [3.05, 3.63) is 35.5 Å². The summed E-state index contributed by atoms with van der Waals surface area (Å²) in [6, 6.07) is 9.30. The van der Waals surface area contributed by atoms with Crippen LogP contribution in [0.2, 0.25) is 0 Å². The fourth-order valence-electron chi connectivity index (χ4n) is 5.09. The van der Waals surface area contributed by atoms with E-state index in [1.807, 2.05) is 12.1 Å². The monoisotopic (exact) mass is 411 g/mol. The van der Waals surface area contributed by atoms with Crippen molar-refractivity contribution in [1.82, 2.24) is 4.98 Å². The first-order chi connectivity index (χ1) is 14.2. The quantitative estimate of drug-likeness (QED) is 0.597. The maximum absolute atomic E-state index is 12.5. The first-order valence-corrected chi connectivity index (χ1v) is 12.1. The number of nitrogens with zero attached hydrogens (tertiary/aromatic N) is 2. The molecule has 1 heterocycles. The Morgan fingerprint density at radius 1 is 1.03 bits per heavy atom. The lowest BCUT2D eigenvalue weighted by Crippen LogP contribution is -2.45. The van der Waals surface area contributed by atoms with Gasteiger partial charge in [0.05, 0.1) is 4.88 Å². The highest BCUT2D eigenvalue weighted by Crippen LogP contribution is 2.41. The van der Waals surface area contributed by atoms with Crippen molar-refractivity contribution in [1.29, 1.82) is 0 Å². The Labute approximate surface area is 178 Å². The highest BCUT2D eigenvalue weighted by atomic mass is 32.1. The molecule has 2 aliphatic carbocycles. The Bertz CT molecular complexity index is 816. The van der Waals surface area contributed by atoms with Gasteiger partial charge >= 0.3 is 0 Å². The molecule has 1 aromatic carbocycles. The third kappa shape index (κ3) is 4.41. The minimum atomic E-state index is 0.0431. The molecule has 0 atom stereocenters. The molecule has 0 radical (unpaired) electrons. The van der Waals surface area contributed by atoms with Crippen LogP contribution in [0.25, 0.3) is 10.4 Å². The molecule has 4 rings (SSSR count). The number of rotatable bonds is 6. The van der Waals surface area contributed by atoms with Crippen LogP contribution in [0.4, 0.5) is 5.13 Å². The fourth-order valence-corrected chi connectivity index (χ4v) is 6.41. The molecule has 2 N–H and O–H groups in total. The fraction of sp³-hybridized carbons (Fsp3) is 0.583. The summed E-state index contributed by atoms with van der Waals surface area (Å²) in [5.41, 5.74) is 8.76. The van der Waals surface area contributed by atoms with E-state index in [1.54, 1.807) is 18.3 Å². The normalized spacial score (nSPS) is 18.7. The predicted molar refractivity (Wildman–Crippen MR) is 122 cm³/mol. The van der Waals surface area contributed by atoms with E-state index in [2.05, 4.69) is 17.0 Å².